The van der Waals surface area contributed by atoms with Crippen LogP contribution in [0.4, 0.5) is 0 Å². The van der Waals surface area contributed by atoms with E-state index in [0.717, 1.165) is 12.0 Å². The van der Waals surface area contributed by atoms with E-state index in [4.69, 9.17) is 28.7 Å². The Morgan fingerprint density at radius 2 is 1.65 bits per heavy atom. The Bertz CT molecular complexity index is 2430. The first-order valence-corrected chi connectivity index (χ1v) is 24.5. The zero-order chi connectivity index (χ0) is 47.0. The molecule has 352 valence electrons. The highest BCUT2D eigenvalue weighted by Gasteiger charge is 2.62. The van der Waals surface area contributed by atoms with Crippen LogP contribution in [0.25, 0.3) is 22.0 Å². The van der Waals surface area contributed by atoms with Crippen molar-refractivity contribution < 1.29 is 51.3 Å². The Morgan fingerprint density at radius 1 is 0.938 bits per heavy atom. The first-order valence-electron chi connectivity index (χ1n) is 23.0. The van der Waals surface area contributed by atoms with Gasteiger partial charge in [0.1, 0.15) is 23.3 Å². The van der Waals surface area contributed by atoms with Crippen molar-refractivity contribution in [2.45, 2.75) is 135 Å². The number of rotatable bonds is 13. The lowest BCUT2D eigenvalue weighted by molar-refractivity contribution is -0.154. The van der Waals surface area contributed by atoms with E-state index in [-0.39, 0.29) is 73.3 Å². The number of sulfonamides is 1. The van der Waals surface area contributed by atoms with E-state index >= 15 is 4.79 Å². The molecule has 2 aliphatic heterocycles. The second-order valence-electron chi connectivity index (χ2n) is 19.6. The largest absolute Gasteiger partial charge is 0.497 e. The molecule has 14 nitrogen and oxygen atoms in total. The van der Waals surface area contributed by atoms with E-state index in [1.165, 1.54) is 4.90 Å². The number of carbonyl (C=O) groups excluding carboxylic acids is 4. The molecule has 3 heterocycles. The Balaban J connectivity index is 1.28. The highest BCUT2D eigenvalue weighted by atomic mass is 32.2. The van der Waals surface area contributed by atoms with Crippen LogP contribution in [-0.2, 0) is 33.9 Å². The van der Waals surface area contributed by atoms with Gasteiger partial charge in [0.05, 0.1) is 61.5 Å². The Hall–Kier alpha value is -5.18. The topological polar surface area (TPSA) is 177 Å². The number of carbonyl (C=O) groups is 4. The van der Waals surface area contributed by atoms with Crippen molar-refractivity contribution in [1.29, 1.82) is 0 Å². The van der Waals surface area contributed by atoms with Crippen LogP contribution in [0.15, 0.2) is 54.6 Å². The average molecular weight is 916 g/mol. The number of benzene rings is 2. The molecular weight excluding hydrogens is 851 g/mol. The smallest absolute Gasteiger partial charge is 0.306 e. The lowest BCUT2D eigenvalue weighted by Gasteiger charge is -2.32. The van der Waals surface area contributed by atoms with Crippen LogP contribution in [0.5, 0.6) is 23.1 Å². The predicted octanol–water partition coefficient (Wildman–Crippen LogP) is 7.99. The van der Waals surface area contributed by atoms with Gasteiger partial charge in [-0.1, -0.05) is 26.0 Å². The molecule has 0 spiro atoms. The summed E-state index contributed by atoms with van der Waals surface area (Å²) in [6.45, 7) is 13.1. The number of hydrogen-bond donors (Lipinski definition) is 1. The minimum atomic E-state index is -3.99. The summed E-state index contributed by atoms with van der Waals surface area (Å²) in [5.74, 6) is -1.19. The monoisotopic (exact) mass is 915 g/mol. The van der Waals surface area contributed by atoms with Crippen LogP contribution < -0.4 is 23.7 Å². The number of nitrogens with zero attached hydrogens (tertiary/aromatic N) is 2. The molecule has 2 aromatic carbocycles. The molecule has 1 saturated heterocycles. The number of allylic oxidation sites excluding steroid dienone is 2. The highest BCUT2D eigenvalue weighted by molar-refractivity contribution is 7.91. The van der Waals surface area contributed by atoms with Gasteiger partial charge >= 0.3 is 5.97 Å². The molecule has 0 bridgehead atoms. The lowest BCUT2D eigenvalue weighted by Crippen LogP contribution is -2.48. The Morgan fingerprint density at radius 3 is 2.29 bits per heavy atom. The number of methoxy groups -OCH3 is 2. The first-order chi connectivity index (χ1) is 30.8. The minimum absolute atomic E-state index is 0.00949. The van der Waals surface area contributed by atoms with Crippen LogP contribution in [0, 0.1) is 29.1 Å². The van der Waals surface area contributed by atoms with Gasteiger partial charge in [0.15, 0.2) is 11.5 Å². The number of amides is 2. The predicted molar refractivity (Wildman–Crippen MR) is 246 cm³/mol. The van der Waals surface area contributed by atoms with Gasteiger partial charge in [-0.15, -0.1) is 0 Å². The highest BCUT2D eigenvalue weighted by Crippen LogP contribution is 2.58. The average Bonchev–Trinajstić information content (AvgIpc) is 4.13. The van der Waals surface area contributed by atoms with Crippen LogP contribution in [0.3, 0.4) is 0 Å². The summed E-state index contributed by atoms with van der Waals surface area (Å²) in [6.07, 6.45) is 5.75. The van der Waals surface area contributed by atoms with Crippen molar-refractivity contribution in [2.75, 3.05) is 20.8 Å². The molecule has 3 aromatic rings. The van der Waals surface area contributed by atoms with Gasteiger partial charge in [-0.05, 0) is 133 Å². The van der Waals surface area contributed by atoms with Gasteiger partial charge < -0.3 is 28.6 Å². The number of ketones is 1. The summed E-state index contributed by atoms with van der Waals surface area (Å²) < 4.78 is 58.0. The molecule has 65 heavy (non-hydrogen) atoms. The summed E-state index contributed by atoms with van der Waals surface area (Å²) in [4.78, 5) is 64.2. The number of nitrogens with one attached hydrogen (secondary N) is 1. The number of fused-ring (bicyclic) bond motifs is 3. The summed E-state index contributed by atoms with van der Waals surface area (Å²) in [5, 5.41) is 1.27. The second-order valence-corrected chi connectivity index (χ2v) is 21.7. The number of hydrogen-bond acceptors (Lipinski definition) is 12. The third-order valence-corrected chi connectivity index (χ3v) is 15.8. The SMILES string of the molecule is COc1ccc2c(O[C@@H]3C[C@H]4C(=O)C[C@]5(C(=O)NS(=O)(=O)C6(C)CC6)C[C@H]5/C=C\CC[C@@H](C)C[C@@H](C)[C@H](CC(=O)OC(C)C)C(=O)N4C3)nc(-c3ccc(OC(C)C)cc3)c(OC)c2c1. The van der Waals surface area contributed by atoms with Gasteiger partial charge in [0.2, 0.25) is 27.7 Å². The van der Waals surface area contributed by atoms with E-state index in [1.807, 2.05) is 69.3 Å². The molecule has 7 atom stereocenters. The van der Waals surface area contributed by atoms with Gasteiger partial charge in [-0.3, -0.25) is 23.9 Å². The molecule has 3 fully saturated rings. The molecule has 2 saturated carbocycles. The molecular formula is C50H65N3O11S. The number of ether oxygens (including phenoxy) is 5. The van der Waals surface area contributed by atoms with Gasteiger partial charge in [-0.2, -0.15) is 0 Å². The number of aromatic nitrogens is 1. The first kappa shape index (κ1) is 47.8. The normalized spacial score (nSPS) is 27.2. The van der Waals surface area contributed by atoms with Crippen molar-refractivity contribution in [3.8, 4) is 34.4 Å². The Kier molecular flexibility index (Phi) is 13.9. The van der Waals surface area contributed by atoms with E-state index in [2.05, 4.69) is 11.6 Å². The van der Waals surface area contributed by atoms with Crippen LogP contribution in [0.2, 0.25) is 0 Å². The number of pyridine rings is 1. The molecule has 0 unspecified atom stereocenters. The fraction of sp³-hybridized carbons (Fsp3) is 0.580. The summed E-state index contributed by atoms with van der Waals surface area (Å²) in [6, 6.07) is 11.9. The van der Waals surface area contributed by atoms with Crippen molar-refractivity contribution >= 4 is 44.4 Å². The molecule has 15 heteroatoms. The number of esters is 1. The Labute approximate surface area is 383 Å². The maximum Gasteiger partial charge on any atom is 0.306 e. The summed E-state index contributed by atoms with van der Waals surface area (Å²) >= 11 is 0. The minimum Gasteiger partial charge on any atom is -0.497 e. The molecule has 4 aliphatic rings. The zero-order valence-electron chi connectivity index (χ0n) is 39.2. The van der Waals surface area contributed by atoms with Crippen LogP contribution >= 0.6 is 0 Å². The van der Waals surface area contributed by atoms with Crippen molar-refractivity contribution in [3.05, 3.63) is 54.6 Å². The fourth-order valence-corrected chi connectivity index (χ4v) is 10.9. The zero-order valence-corrected chi connectivity index (χ0v) is 40.0. The molecule has 1 N–H and O–H groups in total. The fourth-order valence-electron chi connectivity index (χ4n) is 9.55. The van der Waals surface area contributed by atoms with Crippen molar-refractivity contribution in [3.63, 3.8) is 0 Å². The molecule has 1 aromatic heterocycles. The quantitative estimate of drug-likeness (QED) is 0.129. The molecule has 2 amide bonds. The number of Topliss-reactive ketones (excluding diaryl/α,β-unsaturated/α-hetero) is 1. The van der Waals surface area contributed by atoms with E-state index in [0.29, 0.717) is 65.8 Å². The van der Waals surface area contributed by atoms with Crippen molar-refractivity contribution in [2.24, 2.45) is 29.1 Å². The maximum atomic E-state index is 15.1. The van der Waals surface area contributed by atoms with Gasteiger partial charge in [0, 0.05) is 29.2 Å². The molecule has 0 radical (unpaired) electrons. The van der Waals surface area contributed by atoms with Crippen LogP contribution in [-0.4, -0.2) is 91.7 Å². The lowest BCUT2D eigenvalue weighted by atomic mass is 9.82. The van der Waals surface area contributed by atoms with Crippen LogP contribution in [0.1, 0.15) is 106 Å². The third-order valence-electron chi connectivity index (χ3n) is 13.7. The molecule has 2 aliphatic carbocycles. The van der Waals surface area contributed by atoms with Gasteiger partial charge in [-0.25, -0.2) is 13.4 Å². The van der Waals surface area contributed by atoms with E-state index in [1.54, 1.807) is 41.1 Å². The molecule has 7 rings (SSSR count). The summed E-state index contributed by atoms with van der Waals surface area (Å²) in [5.41, 5.74) is -0.0937. The standard InChI is InChI=1S/C50H65N3O11S/c1-29(2)62-35-16-14-33(15-17-35)44-45(61-9)40-23-36(60-8)18-19-38(40)46(51-44)64-37-24-41-42(54)27-50(48(57)52-65(58,59)49(7)20-21-49)26-34(50)13-11-10-12-31(5)22-32(6)39(47(56)53(41)28-37)25-43(55)63-30(3)4/h11,13-19,23,29-32,34,37,39,41H,10,12,20-22,24-28H2,1-9H3,(H,52,57)/b13-11-/t31-,32-,34-,37-,39+,41+,50-/m1/s1. The van der Waals surface area contributed by atoms with E-state index < -0.39 is 50.1 Å². The summed E-state index contributed by atoms with van der Waals surface area (Å²) in [7, 11) is -0.848. The third kappa shape index (κ3) is 10.3. The van der Waals surface area contributed by atoms with Gasteiger partial charge in [0.25, 0.3) is 0 Å². The maximum absolute atomic E-state index is 15.1. The van der Waals surface area contributed by atoms with E-state index in [9.17, 15) is 22.8 Å². The second kappa shape index (κ2) is 19.0. The van der Waals surface area contributed by atoms with Crippen molar-refractivity contribution in [1.82, 2.24) is 14.6 Å².